The van der Waals surface area contributed by atoms with Gasteiger partial charge in [-0.2, -0.15) is 5.10 Å². The van der Waals surface area contributed by atoms with Gasteiger partial charge in [-0.3, -0.25) is 5.43 Å². The van der Waals surface area contributed by atoms with Crippen LogP contribution in [-0.2, 0) is 0 Å². The Bertz CT molecular complexity index is 872. The predicted octanol–water partition coefficient (Wildman–Crippen LogP) is 4.19. The van der Waals surface area contributed by atoms with Crippen LogP contribution in [0.15, 0.2) is 46.5 Å². The minimum absolute atomic E-state index is 0.683. The van der Waals surface area contributed by atoms with Crippen LogP contribution in [-0.4, -0.2) is 29.8 Å². The van der Waals surface area contributed by atoms with E-state index in [9.17, 15) is 0 Å². The van der Waals surface area contributed by atoms with Gasteiger partial charge in [0.2, 0.25) is 0 Å². The summed E-state index contributed by atoms with van der Waals surface area (Å²) in [6.07, 6.45) is 0.903. The van der Waals surface area contributed by atoms with Gasteiger partial charge in [-0.15, -0.1) is 0 Å². The molecule has 0 saturated carbocycles. The minimum atomic E-state index is 0.683. The van der Waals surface area contributed by atoms with Gasteiger partial charge < -0.3 is 9.47 Å². The van der Waals surface area contributed by atoms with Crippen molar-refractivity contribution >= 4 is 28.3 Å². The first-order chi connectivity index (χ1) is 12.7. The summed E-state index contributed by atoms with van der Waals surface area (Å²) in [5, 5.41) is 5.35. The molecular formula is C20H21N3O2S. The second-order valence-electron chi connectivity index (χ2n) is 6.33. The minimum Gasteiger partial charge on any atom is -0.490 e. The highest BCUT2D eigenvalue weighted by Crippen LogP contribution is 2.31. The van der Waals surface area contributed by atoms with Crippen LogP contribution in [0.25, 0.3) is 0 Å². The quantitative estimate of drug-likeness (QED) is 0.865. The molecule has 2 heterocycles. The lowest BCUT2D eigenvalue weighted by Crippen LogP contribution is -2.25. The SMILES string of the molecule is Cc1cccc(C)c1N=C1NN=C(c2ccc3c(c2)OCCCO3)CS1. The third-order valence-corrected chi connectivity index (χ3v) is 5.24. The largest absolute Gasteiger partial charge is 0.490 e. The number of fused-ring (bicyclic) bond motifs is 1. The molecule has 134 valence electrons. The standard InChI is InChI=1S/C20H21N3O2S/c1-13-5-3-6-14(2)19(13)21-20-23-22-16(12-26-20)15-7-8-17-18(11-15)25-10-4-9-24-17/h3,5-8,11H,4,9-10,12H2,1-2H3,(H,21,23). The number of nitrogens with one attached hydrogen (secondary N) is 1. The van der Waals surface area contributed by atoms with E-state index < -0.39 is 0 Å². The molecule has 0 bridgehead atoms. The van der Waals surface area contributed by atoms with Crippen molar-refractivity contribution in [2.45, 2.75) is 20.3 Å². The second-order valence-corrected chi connectivity index (χ2v) is 7.29. The van der Waals surface area contributed by atoms with Crippen LogP contribution in [0.2, 0.25) is 0 Å². The average molecular weight is 367 g/mol. The van der Waals surface area contributed by atoms with Gasteiger partial charge in [0.25, 0.3) is 0 Å². The smallest absolute Gasteiger partial charge is 0.182 e. The summed E-state index contributed by atoms with van der Waals surface area (Å²) in [5.41, 5.74) is 8.45. The van der Waals surface area contributed by atoms with Crippen molar-refractivity contribution in [3.8, 4) is 11.5 Å². The highest BCUT2D eigenvalue weighted by molar-refractivity contribution is 8.14. The molecule has 0 radical (unpaired) electrons. The van der Waals surface area contributed by atoms with Crippen LogP contribution in [0, 0.1) is 13.8 Å². The van der Waals surface area contributed by atoms with Gasteiger partial charge in [0, 0.05) is 17.7 Å². The van der Waals surface area contributed by atoms with Crippen LogP contribution in [0.5, 0.6) is 11.5 Å². The molecule has 0 aromatic heterocycles. The summed E-state index contributed by atoms with van der Waals surface area (Å²) >= 11 is 1.66. The van der Waals surface area contributed by atoms with Gasteiger partial charge in [-0.1, -0.05) is 30.0 Å². The van der Waals surface area contributed by atoms with Gasteiger partial charge in [0.1, 0.15) is 0 Å². The number of hydrogen-bond acceptors (Lipinski definition) is 5. The van der Waals surface area contributed by atoms with Gasteiger partial charge in [-0.05, 0) is 43.2 Å². The van der Waals surface area contributed by atoms with Crippen LogP contribution < -0.4 is 14.9 Å². The normalized spacial score (nSPS) is 18.1. The van der Waals surface area contributed by atoms with E-state index in [1.54, 1.807) is 11.8 Å². The van der Waals surface area contributed by atoms with Crippen LogP contribution in [0.4, 0.5) is 5.69 Å². The van der Waals surface area contributed by atoms with Crippen molar-refractivity contribution in [1.29, 1.82) is 0 Å². The Morgan fingerprint density at radius 2 is 1.81 bits per heavy atom. The number of amidine groups is 1. The molecular weight excluding hydrogens is 346 g/mol. The first-order valence-electron chi connectivity index (χ1n) is 8.71. The third-order valence-electron chi connectivity index (χ3n) is 4.37. The number of ether oxygens (including phenoxy) is 2. The average Bonchev–Trinajstić information content (AvgIpc) is 2.90. The molecule has 2 aliphatic rings. The number of hydrazone groups is 1. The van der Waals surface area contributed by atoms with E-state index in [4.69, 9.17) is 14.5 Å². The molecule has 5 nitrogen and oxygen atoms in total. The van der Waals surface area contributed by atoms with E-state index in [1.165, 1.54) is 0 Å². The molecule has 4 rings (SSSR count). The monoisotopic (exact) mass is 367 g/mol. The Morgan fingerprint density at radius 3 is 2.54 bits per heavy atom. The Hall–Kier alpha value is -2.47. The van der Waals surface area contributed by atoms with E-state index in [1.807, 2.05) is 18.2 Å². The summed E-state index contributed by atoms with van der Waals surface area (Å²) in [6, 6.07) is 12.2. The van der Waals surface area contributed by atoms with Gasteiger partial charge in [-0.25, -0.2) is 4.99 Å². The molecule has 6 heteroatoms. The van der Waals surface area contributed by atoms with E-state index in [0.717, 1.165) is 56.9 Å². The van der Waals surface area contributed by atoms with Gasteiger partial charge >= 0.3 is 0 Å². The number of hydrogen-bond donors (Lipinski definition) is 1. The van der Waals surface area contributed by atoms with E-state index >= 15 is 0 Å². The summed E-state index contributed by atoms with van der Waals surface area (Å²) in [7, 11) is 0. The van der Waals surface area contributed by atoms with Crippen molar-refractivity contribution in [3.05, 3.63) is 53.1 Å². The van der Waals surface area contributed by atoms with Crippen LogP contribution in [0.1, 0.15) is 23.1 Å². The van der Waals surface area contributed by atoms with Crippen molar-refractivity contribution in [2.75, 3.05) is 19.0 Å². The van der Waals surface area contributed by atoms with E-state index in [0.29, 0.717) is 13.2 Å². The van der Waals surface area contributed by atoms with Gasteiger partial charge in [0.15, 0.2) is 16.7 Å². The fourth-order valence-corrected chi connectivity index (χ4v) is 3.72. The van der Waals surface area contributed by atoms with E-state index in [-0.39, 0.29) is 0 Å². The molecule has 0 aliphatic carbocycles. The lowest BCUT2D eigenvalue weighted by atomic mass is 10.1. The molecule has 0 spiro atoms. The number of nitrogens with zero attached hydrogens (tertiary/aromatic N) is 2. The summed E-state index contributed by atoms with van der Waals surface area (Å²) in [5.74, 6) is 2.36. The predicted molar refractivity (Wildman–Crippen MR) is 107 cm³/mol. The number of aliphatic imine (C=N–C) groups is 1. The number of rotatable bonds is 2. The van der Waals surface area contributed by atoms with Crippen molar-refractivity contribution < 1.29 is 9.47 Å². The molecule has 0 fully saturated rings. The zero-order valence-electron chi connectivity index (χ0n) is 14.9. The molecule has 0 atom stereocenters. The lowest BCUT2D eigenvalue weighted by Gasteiger charge is -2.17. The third kappa shape index (κ3) is 3.55. The molecule has 2 aliphatic heterocycles. The molecule has 0 unspecified atom stereocenters. The Labute approximate surface area is 157 Å². The maximum atomic E-state index is 5.78. The summed E-state index contributed by atoms with van der Waals surface area (Å²) in [4.78, 5) is 4.74. The molecule has 1 N–H and O–H groups in total. The number of thioether (sulfide) groups is 1. The van der Waals surface area contributed by atoms with Crippen LogP contribution in [0.3, 0.4) is 0 Å². The first-order valence-corrected chi connectivity index (χ1v) is 9.69. The Kier molecular flexibility index (Phi) is 4.84. The highest BCUT2D eigenvalue weighted by Gasteiger charge is 2.17. The molecule has 26 heavy (non-hydrogen) atoms. The van der Waals surface area contributed by atoms with Crippen LogP contribution >= 0.6 is 11.8 Å². The zero-order valence-corrected chi connectivity index (χ0v) is 15.7. The maximum Gasteiger partial charge on any atom is 0.182 e. The fraction of sp³-hybridized carbons (Fsp3) is 0.300. The number of aryl methyl sites for hydroxylation is 2. The molecule has 2 aromatic rings. The lowest BCUT2D eigenvalue weighted by molar-refractivity contribution is 0.297. The maximum absolute atomic E-state index is 5.78. The molecule has 2 aromatic carbocycles. The van der Waals surface area contributed by atoms with Crippen molar-refractivity contribution in [1.82, 2.24) is 5.43 Å². The number of benzene rings is 2. The van der Waals surface area contributed by atoms with Gasteiger partial charge in [0.05, 0.1) is 24.6 Å². The topological polar surface area (TPSA) is 55.2 Å². The first kappa shape index (κ1) is 17.0. The number of para-hydroxylation sites is 1. The zero-order chi connectivity index (χ0) is 17.9. The van der Waals surface area contributed by atoms with Crippen molar-refractivity contribution in [2.24, 2.45) is 10.1 Å². The summed E-state index contributed by atoms with van der Waals surface area (Å²) in [6.45, 7) is 5.53. The van der Waals surface area contributed by atoms with E-state index in [2.05, 4.69) is 42.6 Å². The highest BCUT2D eigenvalue weighted by atomic mass is 32.2. The summed E-state index contributed by atoms with van der Waals surface area (Å²) < 4.78 is 11.5. The fourth-order valence-electron chi connectivity index (χ4n) is 2.95. The molecule has 0 saturated heterocycles. The Balaban J connectivity index is 1.55. The molecule has 0 amide bonds. The second kappa shape index (κ2) is 7.41. The van der Waals surface area contributed by atoms with Crippen molar-refractivity contribution in [3.63, 3.8) is 0 Å². The Morgan fingerprint density at radius 1 is 1.04 bits per heavy atom.